The number of carbonyl (C=O) groups is 1. The maximum absolute atomic E-state index is 14.5. The number of fused-ring (bicyclic) bond motifs is 1. The number of nitrogens with zero attached hydrogens (tertiary/aromatic N) is 3. The van der Waals surface area contributed by atoms with E-state index in [1.165, 1.54) is 19.0 Å². The van der Waals surface area contributed by atoms with Crippen molar-refractivity contribution in [3.8, 4) is 5.88 Å². The summed E-state index contributed by atoms with van der Waals surface area (Å²) in [6.45, 7) is 1.89. The number of rotatable bonds is 5. The van der Waals surface area contributed by atoms with Gasteiger partial charge in [0.05, 0.1) is 18.4 Å². The number of amides is 1. The van der Waals surface area contributed by atoms with E-state index in [9.17, 15) is 9.18 Å². The highest BCUT2D eigenvalue weighted by molar-refractivity contribution is 5.94. The summed E-state index contributed by atoms with van der Waals surface area (Å²) in [5.74, 6) is 1.00. The molecule has 5 rings (SSSR count). The molecule has 1 saturated carbocycles. The van der Waals surface area contributed by atoms with Crippen molar-refractivity contribution in [3.05, 3.63) is 53.7 Å². The van der Waals surface area contributed by atoms with Crippen molar-refractivity contribution in [2.24, 2.45) is 5.92 Å². The number of carbonyl (C=O) groups excluding carboxylic acids is 1. The fourth-order valence-corrected chi connectivity index (χ4v) is 4.05. The van der Waals surface area contributed by atoms with Crippen LogP contribution in [0.1, 0.15) is 47.5 Å². The van der Waals surface area contributed by atoms with E-state index in [1.807, 2.05) is 11.0 Å². The number of likely N-dealkylation sites (tertiary alicyclic amines) is 1. The van der Waals surface area contributed by atoms with Crippen LogP contribution in [-0.4, -0.2) is 45.5 Å². The quantitative estimate of drug-likeness (QED) is 0.712. The molecule has 0 unspecified atom stereocenters. The van der Waals surface area contributed by atoms with Gasteiger partial charge < -0.3 is 14.6 Å². The van der Waals surface area contributed by atoms with E-state index in [0.29, 0.717) is 48.3 Å². The van der Waals surface area contributed by atoms with Crippen LogP contribution in [0.2, 0.25) is 0 Å². The molecule has 1 saturated heterocycles. The Morgan fingerprint density at radius 2 is 1.97 bits per heavy atom. The van der Waals surface area contributed by atoms with Crippen molar-refractivity contribution >= 4 is 16.9 Å². The summed E-state index contributed by atoms with van der Waals surface area (Å²) < 4.78 is 20.1. The highest BCUT2D eigenvalue weighted by Gasteiger charge is 2.28. The summed E-state index contributed by atoms with van der Waals surface area (Å²) >= 11 is 0. The Kier molecular flexibility index (Phi) is 4.66. The Bertz CT molecular complexity index is 1020. The molecular formula is C22H23FN4O2. The van der Waals surface area contributed by atoms with Crippen LogP contribution < -0.4 is 4.74 Å². The van der Waals surface area contributed by atoms with Gasteiger partial charge in [0.15, 0.2) is 0 Å². The number of aromatic nitrogens is 3. The van der Waals surface area contributed by atoms with Crippen LogP contribution in [0.15, 0.2) is 36.8 Å². The van der Waals surface area contributed by atoms with Crippen molar-refractivity contribution in [3.63, 3.8) is 0 Å². The molecule has 0 bridgehead atoms. The molecule has 2 aliphatic rings. The normalized spacial score (nSPS) is 17.6. The van der Waals surface area contributed by atoms with Crippen LogP contribution >= 0.6 is 0 Å². The van der Waals surface area contributed by atoms with Gasteiger partial charge in [-0.25, -0.2) is 14.4 Å². The first-order valence-corrected chi connectivity index (χ1v) is 10.2. The molecule has 29 heavy (non-hydrogen) atoms. The van der Waals surface area contributed by atoms with Crippen LogP contribution in [0.5, 0.6) is 5.88 Å². The zero-order chi connectivity index (χ0) is 19.8. The van der Waals surface area contributed by atoms with E-state index in [1.54, 1.807) is 24.5 Å². The monoisotopic (exact) mass is 394 g/mol. The number of piperidine rings is 1. The summed E-state index contributed by atoms with van der Waals surface area (Å²) in [5.41, 5.74) is 1.97. The van der Waals surface area contributed by atoms with Gasteiger partial charge in [0, 0.05) is 42.5 Å². The number of pyridine rings is 2. The van der Waals surface area contributed by atoms with Gasteiger partial charge in [-0.3, -0.25) is 4.79 Å². The molecule has 3 aromatic heterocycles. The van der Waals surface area contributed by atoms with E-state index in [0.717, 1.165) is 18.2 Å². The fourth-order valence-electron chi connectivity index (χ4n) is 4.05. The van der Waals surface area contributed by atoms with Crippen LogP contribution in [-0.2, 0) is 0 Å². The molecule has 6 nitrogen and oxygen atoms in total. The fraction of sp³-hybridized carbons (Fsp3) is 0.409. The molecule has 1 aliphatic carbocycles. The second-order valence-corrected chi connectivity index (χ2v) is 7.97. The third-order valence-corrected chi connectivity index (χ3v) is 5.92. The van der Waals surface area contributed by atoms with Gasteiger partial charge in [0.1, 0.15) is 11.5 Å². The lowest BCUT2D eigenvalue weighted by molar-refractivity contribution is 0.0712. The van der Waals surface area contributed by atoms with Crippen LogP contribution in [0.3, 0.4) is 0 Å². The summed E-state index contributed by atoms with van der Waals surface area (Å²) in [7, 11) is 0. The smallest absolute Gasteiger partial charge is 0.255 e. The second-order valence-electron chi connectivity index (χ2n) is 7.97. The molecule has 0 aromatic carbocycles. The second kappa shape index (κ2) is 7.46. The van der Waals surface area contributed by atoms with Crippen molar-refractivity contribution in [1.82, 2.24) is 19.9 Å². The SMILES string of the molecule is O=C(c1ccc(OCC2CC2)nc1)N1CCC(c2c(F)cnc3[nH]ccc23)CC1. The Hall–Kier alpha value is -2.96. The largest absolute Gasteiger partial charge is 0.477 e. The standard InChI is InChI=1S/C22H23FN4O2/c23-18-12-26-21-17(5-8-24-21)20(18)15-6-9-27(10-7-15)22(28)16-3-4-19(25-11-16)29-13-14-1-2-14/h3-5,8,11-12,14-15H,1-2,6-7,9-10,13H2,(H,24,26). The molecule has 0 radical (unpaired) electrons. The number of H-pyrrole nitrogens is 1. The van der Waals surface area contributed by atoms with Crippen LogP contribution in [0.25, 0.3) is 11.0 Å². The maximum atomic E-state index is 14.5. The van der Waals surface area contributed by atoms with Crippen molar-refractivity contribution in [2.45, 2.75) is 31.6 Å². The number of nitrogens with one attached hydrogen (secondary N) is 1. The topological polar surface area (TPSA) is 71.1 Å². The van der Waals surface area contributed by atoms with Crippen molar-refractivity contribution in [2.75, 3.05) is 19.7 Å². The summed E-state index contributed by atoms with van der Waals surface area (Å²) in [5, 5.41) is 0.834. The Morgan fingerprint density at radius 1 is 1.14 bits per heavy atom. The molecular weight excluding hydrogens is 371 g/mol. The zero-order valence-corrected chi connectivity index (χ0v) is 16.1. The van der Waals surface area contributed by atoms with Gasteiger partial charge in [-0.1, -0.05) is 0 Å². The zero-order valence-electron chi connectivity index (χ0n) is 16.1. The van der Waals surface area contributed by atoms with Gasteiger partial charge in [0.25, 0.3) is 5.91 Å². The lowest BCUT2D eigenvalue weighted by Crippen LogP contribution is -2.38. The lowest BCUT2D eigenvalue weighted by atomic mass is 9.87. The minimum Gasteiger partial charge on any atom is -0.477 e. The third-order valence-electron chi connectivity index (χ3n) is 5.92. The first kappa shape index (κ1) is 18.1. The minimum atomic E-state index is -0.270. The van der Waals surface area contributed by atoms with Crippen molar-refractivity contribution in [1.29, 1.82) is 0 Å². The molecule has 0 atom stereocenters. The number of aromatic amines is 1. The molecule has 1 N–H and O–H groups in total. The van der Waals surface area contributed by atoms with Gasteiger partial charge in [-0.2, -0.15) is 0 Å². The number of ether oxygens (including phenoxy) is 1. The maximum Gasteiger partial charge on any atom is 0.255 e. The number of hydrogen-bond donors (Lipinski definition) is 1. The predicted octanol–water partition coefficient (Wildman–Crippen LogP) is 3.91. The van der Waals surface area contributed by atoms with E-state index in [2.05, 4.69) is 15.0 Å². The third kappa shape index (κ3) is 3.69. The Labute approximate surface area is 168 Å². The first-order chi connectivity index (χ1) is 14.2. The molecule has 150 valence electrons. The summed E-state index contributed by atoms with van der Waals surface area (Å²) in [4.78, 5) is 26.1. The highest BCUT2D eigenvalue weighted by Crippen LogP contribution is 2.34. The van der Waals surface area contributed by atoms with E-state index in [4.69, 9.17) is 4.74 Å². The molecule has 1 amide bonds. The Balaban J connectivity index is 1.23. The molecule has 0 spiro atoms. The van der Waals surface area contributed by atoms with E-state index in [-0.39, 0.29) is 17.6 Å². The average molecular weight is 394 g/mol. The summed E-state index contributed by atoms with van der Waals surface area (Å²) in [6.07, 6.45) is 8.56. The lowest BCUT2D eigenvalue weighted by Gasteiger charge is -2.32. The molecule has 2 fully saturated rings. The van der Waals surface area contributed by atoms with E-state index < -0.39 is 0 Å². The van der Waals surface area contributed by atoms with Gasteiger partial charge >= 0.3 is 0 Å². The van der Waals surface area contributed by atoms with E-state index >= 15 is 0 Å². The van der Waals surface area contributed by atoms with Gasteiger partial charge in [0.2, 0.25) is 5.88 Å². The van der Waals surface area contributed by atoms with Crippen LogP contribution in [0.4, 0.5) is 4.39 Å². The first-order valence-electron chi connectivity index (χ1n) is 10.2. The summed E-state index contributed by atoms with van der Waals surface area (Å²) in [6, 6.07) is 5.41. The predicted molar refractivity (Wildman–Crippen MR) is 106 cm³/mol. The number of hydrogen-bond acceptors (Lipinski definition) is 4. The van der Waals surface area contributed by atoms with Gasteiger partial charge in [-0.15, -0.1) is 0 Å². The molecule has 4 heterocycles. The average Bonchev–Trinajstić information content (AvgIpc) is 3.47. The number of halogens is 1. The minimum absolute atomic E-state index is 0.0355. The molecule has 3 aromatic rings. The van der Waals surface area contributed by atoms with Crippen LogP contribution in [0, 0.1) is 11.7 Å². The molecule has 7 heteroatoms. The highest BCUT2D eigenvalue weighted by atomic mass is 19.1. The molecule has 1 aliphatic heterocycles. The Morgan fingerprint density at radius 3 is 2.69 bits per heavy atom. The van der Waals surface area contributed by atoms with Gasteiger partial charge in [-0.05, 0) is 49.7 Å². The van der Waals surface area contributed by atoms with Crippen molar-refractivity contribution < 1.29 is 13.9 Å².